The molecule has 0 aromatic rings. The Morgan fingerprint density at radius 2 is 2.40 bits per heavy atom. The predicted octanol–water partition coefficient (Wildman–Crippen LogP) is 0.596. The molecule has 0 aliphatic heterocycles. The third-order valence-corrected chi connectivity index (χ3v) is 2.04. The zero-order valence-electron chi connectivity index (χ0n) is 5.61. The number of rotatable bonds is 4. The summed E-state index contributed by atoms with van der Waals surface area (Å²) in [5.74, 6) is 1.39. The second-order valence-corrected chi connectivity index (χ2v) is 3.46. The summed E-state index contributed by atoms with van der Waals surface area (Å²) in [6, 6.07) is 0. The topological polar surface area (TPSA) is 63.6 Å². The van der Waals surface area contributed by atoms with E-state index in [1.54, 1.807) is 6.92 Å². The molecule has 0 aliphatic rings. The van der Waals surface area contributed by atoms with E-state index in [1.165, 1.54) is 5.94 Å². The van der Waals surface area contributed by atoms with Gasteiger partial charge in [0.2, 0.25) is 0 Å². The van der Waals surface area contributed by atoms with Crippen molar-refractivity contribution < 1.29 is 18.8 Å². The molecule has 0 amide bonds. The van der Waals surface area contributed by atoms with Crippen molar-refractivity contribution in [3.05, 3.63) is 6.08 Å². The van der Waals surface area contributed by atoms with E-state index in [0.29, 0.717) is 0 Å². The van der Waals surface area contributed by atoms with Gasteiger partial charge in [-0.25, -0.2) is 4.79 Å². The van der Waals surface area contributed by atoms with Gasteiger partial charge < -0.3 is 9.42 Å². The van der Waals surface area contributed by atoms with Crippen molar-refractivity contribution >= 4 is 13.5 Å². The Balaban J connectivity index is 3.86. The number of allylic oxidation sites excluding steroid dienone is 1. The zero-order chi connectivity index (χ0) is 8.04. The van der Waals surface area contributed by atoms with Crippen LogP contribution < -0.4 is 0 Å². The highest BCUT2D eigenvalue weighted by atomic mass is 31.2. The summed E-state index contributed by atoms with van der Waals surface area (Å²) in [7, 11) is -3.53. The third-order valence-electron chi connectivity index (χ3n) is 0.736. The van der Waals surface area contributed by atoms with E-state index in [-0.39, 0.29) is 12.8 Å². The summed E-state index contributed by atoms with van der Waals surface area (Å²) in [5, 5.41) is 0. The maximum absolute atomic E-state index is 10.7. The molecule has 0 fully saturated rings. The van der Waals surface area contributed by atoms with E-state index >= 15 is 0 Å². The summed E-state index contributed by atoms with van der Waals surface area (Å²) in [5.41, 5.74) is 0. The van der Waals surface area contributed by atoms with Crippen LogP contribution >= 0.6 is 7.60 Å². The van der Waals surface area contributed by atoms with Crippen molar-refractivity contribution in [3.63, 3.8) is 0 Å². The average Bonchev–Trinajstić information content (AvgIpc) is 1.84. The van der Waals surface area contributed by atoms with E-state index in [1.807, 2.05) is 0 Å². The van der Waals surface area contributed by atoms with Crippen molar-refractivity contribution in [2.45, 2.75) is 6.92 Å². The maximum atomic E-state index is 10.7. The largest absolute Gasteiger partial charge is 0.332 e. The van der Waals surface area contributed by atoms with Gasteiger partial charge in [0.25, 0.3) is 0 Å². The Morgan fingerprint density at radius 3 is 2.80 bits per heavy atom. The highest BCUT2D eigenvalue weighted by Gasteiger charge is 2.15. The molecule has 0 aromatic carbocycles. The van der Waals surface area contributed by atoms with Gasteiger partial charge in [0.05, 0.1) is 12.8 Å². The van der Waals surface area contributed by atoms with E-state index in [0.717, 1.165) is 6.08 Å². The Bertz CT molecular complexity index is 182. The fraction of sp³-hybridized carbons (Fsp3) is 0.600. The first-order chi connectivity index (χ1) is 4.62. The molecule has 1 atom stereocenters. The van der Waals surface area contributed by atoms with E-state index in [9.17, 15) is 9.36 Å². The molecule has 0 heterocycles. The second kappa shape index (κ2) is 4.42. The lowest BCUT2D eigenvalue weighted by atomic mass is 10.8. The van der Waals surface area contributed by atoms with Crippen LogP contribution in [0.15, 0.2) is 6.08 Å². The molecule has 0 spiro atoms. The van der Waals surface area contributed by atoms with Gasteiger partial charge in [-0.05, 0) is 6.92 Å². The molecule has 1 unspecified atom stereocenters. The first kappa shape index (κ1) is 9.60. The normalized spacial score (nSPS) is 15.4. The van der Waals surface area contributed by atoms with Gasteiger partial charge in [-0.15, -0.1) is 0 Å². The molecule has 0 rings (SSSR count). The van der Waals surface area contributed by atoms with Crippen LogP contribution in [0.1, 0.15) is 6.92 Å². The van der Waals surface area contributed by atoms with Gasteiger partial charge in [0.1, 0.15) is 5.94 Å². The molecular formula is C5H9O4P. The molecule has 0 saturated heterocycles. The van der Waals surface area contributed by atoms with Crippen LogP contribution in [0.4, 0.5) is 0 Å². The maximum Gasteiger partial charge on any atom is 0.332 e. The Morgan fingerprint density at radius 1 is 1.80 bits per heavy atom. The smallest absolute Gasteiger partial charge is 0.324 e. The van der Waals surface area contributed by atoms with Gasteiger partial charge in [0, 0.05) is 6.08 Å². The molecule has 10 heavy (non-hydrogen) atoms. The quantitative estimate of drug-likeness (QED) is 0.488. The number of hydrogen-bond donors (Lipinski definition) is 1. The van der Waals surface area contributed by atoms with Crippen molar-refractivity contribution in [3.8, 4) is 0 Å². The van der Waals surface area contributed by atoms with Gasteiger partial charge >= 0.3 is 7.60 Å². The summed E-state index contributed by atoms with van der Waals surface area (Å²) < 4.78 is 15.1. The Hall–Kier alpha value is -0.400. The first-order valence-electron chi connectivity index (χ1n) is 2.78. The van der Waals surface area contributed by atoms with Crippen molar-refractivity contribution in [2.24, 2.45) is 0 Å². The van der Waals surface area contributed by atoms with Crippen LogP contribution in [0.2, 0.25) is 0 Å². The summed E-state index contributed by atoms with van der Waals surface area (Å²) >= 11 is 0. The van der Waals surface area contributed by atoms with Crippen LogP contribution in [0.3, 0.4) is 0 Å². The molecule has 5 heteroatoms. The monoisotopic (exact) mass is 164 g/mol. The van der Waals surface area contributed by atoms with Crippen LogP contribution in [0.5, 0.6) is 0 Å². The summed E-state index contributed by atoms with van der Waals surface area (Å²) in [6.07, 6.45) is 0.681. The summed E-state index contributed by atoms with van der Waals surface area (Å²) in [6.45, 7) is 1.77. The molecular weight excluding hydrogens is 155 g/mol. The Kier molecular flexibility index (Phi) is 4.24. The molecule has 4 nitrogen and oxygen atoms in total. The molecule has 1 N–H and O–H groups in total. The van der Waals surface area contributed by atoms with Crippen molar-refractivity contribution in [2.75, 3.05) is 12.8 Å². The van der Waals surface area contributed by atoms with Gasteiger partial charge in [-0.2, -0.15) is 0 Å². The van der Waals surface area contributed by atoms with E-state index in [2.05, 4.69) is 4.52 Å². The summed E-state index contributed by atoms with van der Waals surface area (Å²) in [4.78, 5) is 18.4. The standard InChI is InChI=1S/C5H9O4P/c1-2-9-10(7,8)5-3-4-6/h3H,2,5H2,1H3,(H,7,8). The van der Waals surface area contributed by atoms with Crippen LogP contribution in [0, 0.1) is 0 Å². The minimum Gasteiger partial charge on any atom is -0.324 e. The van der Waals surface area contributed by atoms with Crippen LogP contribution in [-0.4, -0.2) is 23.6 Å². The van der Waals surface area contributed by atoms with Gasteiger partial charge in [-0.1, -0.05) is 0 Å². The lowest BCUT2D eigenvalue weighted by Crippen LogP contribution is -1.91. The van der Waals surface area contributed by atoms with E-state index in [4.69, 9.17) is 4.89 Å². The second-order valence-electron chi connectivity index (χ2n) is 1.56. The SMILES string of the molecule is CCOP(=O)(O)CC=C=O. The minimum atomic E-state index is -3.53. The number of hydrogen-bond acceptors (Lipinski definition) is 3. The lowest BCUT2D eigenvalue weighted by Gasteiger charge is -2.05. The molecule has 58 valence electrons. The Labute approximate surface area is 59.0 Å². The molecule has 0 aliphatic carbocycles. The first-order valence-corrected chi connectivity index (χ1v) is 4.54. The molecule has 0 saturated carbocycles. The fourth-order valence-corrected chi connectivity index (χ4v) is 1.22. The minimum absolute atomic E-state index is 0.167. The fourth-order valence-electron chi connectivity index (χ4n) is 0.407. The van der Waals surface area contributed by atoms with Gasteiger partial charge in [0.15, 0.2) is 0 Å². The molecule has 0 bridgehead atoms. The zero-order valence-corrected chi connectivity index (χ0v) is 6.51. The van der Waals surface area contributed by atoms with Crippen molar-refractivity contribution in [1.82, 2.24) is 0 Å². The van der Waals surface area contributed by atoms with Crippen LogP contribution in [-0.2, 0) is 13.9 Å². The highest BCUT2D eigenvalue weighted by Crippen LogP contribution is 2.40. The predicted molar refractivity (Wildman–Crippen MR) is 36.6 cm³/mol. The lowest BCUT2D eigenvalue weighted by molar-refractivity contribution is 0.276. The molecule has 0 radical (unpaired) electrons. The number of carbonyl (C=O) groups excluding carboxylic acids is 1. The van der Waals surface area contributed by atoms with E-state index < -0.39 is 7.60 Å². The van der Waals surface area contributed by atoms with Gasteiger partial charge in [-0.3, -0.25) is 4.57 Å². The molecule has 0 aromatic heterocycles. The van der Waals surface area contributed by atoms with Crippen molar-refractivity contribution in [1.29, 1.82) is 0 Å². The van der Waals surface area contributed by atoms with Crippen LogP contribution in [0.25, 0.3) is 0 Å². The highest BCUT2D eigenvalue weighted by molar-refractivity contribution is 7.53. The average molecular weight is 164 g/mol. The third kappa shape index (κ3) is 4.48.